The van der Waals surface area contributed by atoms with Gasteiger partial charge in [-0.3, -0.25) is 10.1 Å². The van der Waals surface area contributed by atoms with Crippen LogP contribution in [0.25, 0.3) is 5.82 Å². The van der Waals surface area contributed by atoms with Crippen LogP contribution in [0.4, 0.5) is 11.5 Å². The third-order valence-corrected chi connectivity index (χ3v) is 2.85. The van der Waals surface area contributed by atoms with Gasteiger partial charge in [0.05, 0.1) is 4.92 Å². The summed E-state index contributed by atoms with van der Waals surface area (Å²) in [6.45, 7) is 7.76. The monoisotopic (exact) mass is 290 g/mol. The lowest BCUT2D eigenvalue weighted by atomic mass is 9.90. The second kappa shape index (κ2) is 5.12. The predicted molar refractivity (Wildman–Crippen MR) is 78.1 cm³/mol. The Morgan fingerprint density at radius 2 is 2.05 bits per heavy atom. The maximum Gasteiger partial charge on any atom is 0.334 e. The number of anilines is 1. The molecule has 0 aliphatic rings. The van der Waals surface area contributed by atoms with Crippen LogP contribution < -0.4 is 5.73 Å². The molecule has 2 rings (SSSR count). The van der Waals surface area contributed by atoms with Crippen LogP contribution in [0, 0.1) is 22.5 Å². The summed E-state index contributed by atoms with van der Waals surface area (Å²) in [6.07, 6.45) is 1.83. The van der Waals surface area contributed by atoms with E-state index in [9.17, 15) is 10.1 Å². The van der Waals surface area contributed by atoms with E-state index in [4.69, 9.17) is 5.73 Å². The topological polar surface area (TPSA) is 113 Å². The normalized spacial score (nSPS) is 11.6. The fourth-order valence-corrected chi connectivity index (χ4v) is 2.02. The van der Waals surface area contributed by atoms with Crippen LogP contribution in [0.2, 0.25) is 0 Å². The van der Waals surface area contributed by atoms with Gasteiger partial charge < -0.3 is 5.73 Å². The number of hydrogen-bond acceptors (Lipinski definition) is 6. The molecule has 0 aliphatic carbocycles. The van der Waals surface area contributed by atoms with Crippen LogP contribution in [0.3, 0.4) is 0 Å². The molecule has 2 N–H and O–H groups in total. The molecule has 0 fully saturated rings. The first kappa shape index (κ1) is 14.9. The fourth-order valence-electron chi connectivity index (χ4n) is 2.02. The van der Waals surface area contributed by atoms with E-state index in [0.717, 1.165) is 5.69 Å². The molecule has 0 spiro atoms. The molecule has 21 heavy (non-hydrogen) atoms. The Morgan fingerprint density at radius 1 is 1.38 bits per heavy atom. The highest BCUT2D eigenvalue weighted by atomic mass is 16.6. The Kier molecular flexibility index (Phi) is 3.63. The van der Waals surface area contributed by atoms with Gasteiger partial charge in [0.25, 0.3) is 0 Å². The summed E-state index contributed by atoms with van der Waals surface area (Å²) in [5.41, 5.74) is 6.71. The summed E-state index contributed by atoms with van der Waals surface area (Å²) in [5, 5.41) is 15.6. The molecule has 0 radical (unpaired) electrons. The van der Waals surface area contributed by atoms with Gasteiger partial charge in [-0.25, -0.2) is 9.97 Å². The van der Waals surface area contributed by atoms with Gasteiger partial charge in [0.15, 0.2) is 5.82 Å². The first-order valence-corrected chi connectivity index (χ1v) is 6.50. The standard InChI is InChI=1S/C13H18N6O2/c1-8-5-10(16-7-15-8)18-12(14)11(19(20)21)9(17-18)6-13(2,3)4/h5,7H,6,14H2,1-4H3. The molecule has 0 amide bonds. The van der Waals surface area contributed by atoms with E-state index in [0.29, 0.717) is 17.9 Å². The quantitative estimate of drug-likeness (QED) is 0.683. The number of nitrogen functional groups attached to an aromatic ring is 1. The first-order chi connectivity index (χ1) is 9.69. The summed E-state index contributed by atoms with van der Waals surface area (Å²) in [5.74, 6) is 0.403. The van der Waals surface area contributed by atoms with E-state index < -0.39 is 4.92 Å². The zero-order valence-corrected chi connectivity index (χ0v) is 12.5. The maximum atomic E-state index is 11.3. The number of aromatic nitrogens is 4. The van der Waals surface area contributed by atoms with Gasteiger partial charge in [-0.05, 0) is 12.3 Å². The molecule has 8 nitrogen and oxygen atoms in total. The Balaban J connectivity index is 2.59. The van der Waals surface area contributed by atoms with Crippen molar-refractivity contribution >= 4 is 11.5 Å². The predicted octanol–water partition coefficient (Wildman–Crippen LogP) is 2.05. The Labute approximate surface area is 122 Å². The van der Waals surface area contributed by atoms with E-state index in [-0.39, 0.29) is 16.9 Å². The molecule has 0 saturated carbocycles. The van der Waals surface area contributed by atoms with Crippen LogP contribution in [0.1, 0.15) is 32.2 Å². The van der Waals surface area contributed by atoms with Gasteiger partial charge in [-0.15, -0.1) is 0 Å². The molecule has 0 atom stereocenters. The smallest absolute Gasteiger partial charge is 0.334 e. The number of nitrogens with zero attached hydrogens (tertiary/aromatic N) is 5. The minimum absolute atomic E-state index is 0.0163. The molecular weight excluding hydrogens is 272 g/mol. The second-order valence-electron chi connectivity index (χ2n) is 6.10. The van der Waals surface area contributed by atoms with Gasteiger partial charge in [-0.2, -0.15) is 9.78 Å². The van der Waals surface area contributed by atoms with Gasteiger partial charge in [0, 0.05) is 18.2 Å². The zero-order chi connectivity index (χ0) is 15.8. The van der Waals surface area contributed by atoms with Crippen molar-refractivity contribution in [2.24, 2.45) is 5.41 Å². The minimum Gasteiger partial charge on any atom is -0.378 e. The third-order valence-electron chi connectivity index (χ3n) is 2.85. The van der Waals surface area contributed by atoms with Crippen molar-refractivity contribution in [2.45, 2.75) is 34.1 Å². The summed E-state index contributed by atoms with van der Waals surface area (Å²) in [4.78, 5) is 18.8. The minimum atomic E-state index is -0.492. The molecule has 0 unspecified atom stereocenters. The van der Waals surface area contributed by atoms with Gasteiger partial charge in [-0.1, -0.05) is 20.8 Å². The molecular formula is C13H18N6O2. The van der Waals surface area contributed by atoms with Crippen molar-refractivity contribution in [3.63, 3.8) is 0 Å². The lowest BCUT2D eigenvalue weighted by Crippen LogP contribution is -2.11. The average Bonchev–Trinajstić information content (AvgIpc) is 2.63. The van der Waals surface area contributed by atoms with Crippen LogP contribution >= 0.6 is 0 Å². The highest BCUT2D eigenvalue weighted by Gasteiger charge is 2.29. The van der Waals surface area contributed by atoms with Crippen molar-refractivity contribution in [1.29, 1.82) is 0 Å². The van der Waals surface area contributed by atoms with Crippen LogP contribution in [-0.4, -0.2) is 24.7 Å². The van der Waals surface area contributed by atoms with Crippen molar-refractivity contribution in [3.05, 3.63) is 33.9 Å². The second-order valence-corrected chi connectivity index (χ2v) is 6.10. The molecule has 0 bridgehead atoms. The van der Waals surface area contributed by atoms with Crippen molar-refractivity contribution < 1.29 is 4.92 Å². The Bertz CT molecular complexity index is 686. The van der Waals surface area contributed by atoms with Crippen LogP contribution in [0.15, 0.2) is 12.4 Å². The maximum absolute atomic E-state index is 11.3. The van der Waals surface area contributed by atoms with Gasteiger partial charge in [0.1, 0.15) is 12.0 Å². The lowest BCUT2D eigenvalue weighted by Gasteiger charge is -2.15. The highest BCUT2D eigenvalue weighted by Crippen LogP contribution is 2.32. The summed E-state index contributed by atoms with van der Waals surface area (Å²) < 4.78 is 1.30. The van der Waals surface area contributed by atoms with Crippen molar-refractivity contribution in [1.82, 2.24) is 19.7 Å². The molecule has 2 aromatic heterocycles. The van der Waals surface area contributed by atoms with Crippen LogP contribution in [0.5, 0.6) is 0 Å². The average molecular weight is 290 g/mol. The summed E-state index contributed by atoms with van der Waals surface area (Å²) in [6, 6.07) is 1.67. The molecule has 2 heterocycles. The molecule has 112 valence electrons. The van der Waals surface area contributed by atoms with Gasteiger partial charge >= 0.3 is 5.69 Å². The van der Waals surface area contributed by atoms with E-state index in [1.54, 1.807) is 13.0 Å². The van der Waals surface area contributed by atoms with E-state index in [1.807, 2.05) is 20.8 Å². The van der Waals surface area contributed by atoms with E-state index in [1.165, 1.54) is 11.0 Å². The number of nitro groups is 1. The molecule has 0 aromatic carbocycles. The Hall–Kier alpha value is -2.51. The molecule has 0 aliphatic heterocycles. The number of hydrogen-bond donors (Lipinski definition) is 1. The summed E-state index contributed by atoms with van der Waals surface area (Å²) >= 11 is 0. The number of nitrogens with two attached hydrogens (primary N) is 1. The summed E-state index contributed by atoms with van der Waals surface area (Å²) in [7, 11) is 0. The first-order valence-electron chi connectivity index (χ1n) is 6.50. The third kappa shape index (κ3) is 3.15. The highest BCUT2D eigenvalue weighted by molar-refractivity contribution is 5.59. The SMILES string of the molecule is Cc1cc(-n2nc(CC(C)(C)C)c([N+](=O)[O-])c2N)ncn1. The van der Waals surface area contributed by atoms with E-state index in [2.05, 4.69) is 15.1 Å². The molecule has 2 aromatic rings. The number of rotatable bonds is 3. The molecule has 8 heteroatoms. The van der Waals surface area contributed by atoms with Gasteiger partial charge in [0.2, 0.25) is 5.82 Å². The Morgan fingerprint density at radius 3 is 2.57 bits per heavy atom. The van der Waals surface area contributed by atoms with E-state index >= 15 is 0 Å². The number of aryl methyl sites for hydroxylation is 1. The fraction of sp³-hybridized carbons (Fsp3) is 0.462. The lowest BCUT2D eigenvalue weighted by molar-refractivity contribution is -0.384. The molecule has 0 saturated heterocycles. The van der Waals surface area contributed by atoms with Crippen LogP contribution in [-0.2, 0) is 6.42 Å². The van der Waals surface area contributed by atoms with Crippen molar-refractivity contribution in [2.75, 3.05) is 5.73 Å². The zero-order valence-electron chi connectivity index (χ0n) is 12.5. The largest absolute Gasteiger partial charge is 0.378 e. The van der Waals surface area contributed by atoms with Crippen molar-refractivity contribution in [3.8, 4) is 5.82 Å².